The number of nitrogens with one attached hydrogen (secondary N) is 2. The lowest BCUT2D eigenvalue weighted by molar-refractivity contribution is -0.698. The van der Waals surface area contributed by atoms with Gasteiger partial charge in [-0.2, -0.15) is 0 Å². The summed E-state index contributed by atoms with van der Waals surface area (Å²) in [6.45, 7) is 9.27. The number of amides is 1. The first-order valence-electron chi connectivity index (χ1n) is 14.7. The molecule has 0 spiro atoms. The number of rotatable bonds is 15. The summed E-state index contributed by atoms with van der Waals surface area (Å²) in [6.07, 6.45) is 8.03. The number of carbonyl (C=O) groups excluding carboxylic acids is 3. The van der Waals surface area contributed by atoms with Gasteiger partial charge < -0.3 is 19.8 Å². The Bertz CT molecular complexity index is 1430. The van der Waals surface area contributed by atoms with E-state index in [9.17, 15) is 19.3 Å². The van der Waals surface area contributed by atoms with E-state index in [1.807, 2.05) is 43.9 Å². The van der Waals surface area contributed by atoms with E-state index in [0.717, 1.165) is 41.8 Å². The van der Waals surface area contributed by atoms with Crippen LogP contribution in [0.15, 0.2) is 53.9 Å². The molecule has 1 aliphatic heterocycles. The summed E-state index contributed by atoms with van der Waals surface area (Å²) < 4.78 is 23.3. The average Bonchev–Trinajstić information content (AvgIpc) is 3.75. The van der Waals surface area contributed by atoms with Crippen LogP contribution < -0.4 is 24.1 Å². The van der Waals surface area contributed by atoms with E-state index >= 15 is 0 Å². The van der Waals surface area contributed by atoms with Crippen LogP contribution in [0.2, 0.25) is 4.34 Å². The lowest BCUT2D eigenvalue weighted by Crippen LogP contribution is -2.43. The summed E-state index contributed by atoms with van der Waals surface area (Å²) in [6, 6.07) is 8.75. The Hall–Kier alpha value is -2.55. The number of likely N-dealkylation sites (N-methyl/N-ethyl adjacent to an activating group) is 1. The number of anilines is 1. The van der Waals surface area contributed by atoms with Crippen molar-refractivity contribution in [2.45, 2.75) is 70.0 Å². The monoisotopic (exact) mass is 714 g/mol. The maximum absolute atomic E-state index is 12.8. The fourth-order valence-corrected chi connectivity index (χ4v) is 6.91. The van der Waals surface area contributed by atoms with E-state index in [1.165, 1.54) is 28.0 Å². The molecule has 2 atom stereocenters. The number of aldehydes is 1. The molecule has 0 bridgehead atoms. The van der Waals surface area contributed by atoms with Gasteiger partial charge in [0.25, 0.3) is 6.33 Å². The minimum atomic E-state index is -2.07. The Balaban J connectivity index is 0.000000625. The van der Waals surface area contributed by atoms with Gasteiger partial charge in [0, 0.05) is 30.1 Å². The molecule has 3 N–H and O–H groups in total. The van der Waals surface area contributed by atoms with Crippen LogP contribution >= 0.6 is 43.5 Å². The highest BCUT2D eigenvalue weighted by Crippen LogP contribution is 2.35. The summed E-state index contributed by atoms with van der Waals surface area (Å²) in [7, 11) is -0.296. The maximum atomic E-state index is 12.8. The van der Waals surface area contributed by atoms with Gasteiger partial charge in [-0.25, -0.2) is 9.29 Å². The van der Waals surface area contributed by atoms with Crippen LogP contribution in [0.25, 0.3) is 0 Å². The lowest BCUT2D eigenvalue weighted by Gasteiger charge is -2.22. The van der Waals surface area contributed by atoms with Crippen molar-refractivity contribution in [3.63, 3.8) is 0 Å². The summed E-state index contributed by atoms with van der Waals surface area (Å²) in [5, 5.41) is 3.03. The molecule has 1 aliphatic rings. The average molecular weight is 715 g/mol. The molecule has 0 radical (unpaired) electrons. The summed E-state index contributed by atoms with van der Waals surface area (Å²) in [5.41, 5.74) is 1.50. The molecule has 1 fully saturated rings. The highest BCUT2D eigenvalue weighted by molar-refractivity contribution is 7.97. The first-order valence-corrected chi connectivity index (χ1v) is 17.9. The van der Waals surface area contributed by atoms with Gasteiger partial charge in [0.1, 0.15) is 25.4 Å². The number of halogens is 1. The molecule has 1 amide bonds. The largest absolute Gasteiger partial charge is 0.460 e. The number of esters is 1. The molecular formula is C30H42ClN5O7PS2+. The SMILES string of the molecule is CCc1c(SN[C@@H](CNC)C(=O)OCC[n+]2ccn(OP(O)OC(C)(C)C)c2)cccc1N1CCCC1=O.O=Cc1ccc(Cl)s1. The predicted molar refractivity (Wildman–Crippen MR) is 181 cm³/mol. The van der Waals surface area contributed by atoms with Crippen molar-refractivity contribution in [3.8, 4) is 0 Å². The molecular weight excluding hydrogens is 673 g/mol. The lowest BCUT2D eigenvalue weighted by atomic mass is 10.1. The molecule has 4 rings (SSSR count). The molecule has 46 heavy (non-hydrogen) atoms. The van der Waals surface area contributed by atoms with Crippen LogP contribution in [0.3, 0.4) is 0 Å². The van der Waals surface area contributed by atoms with Crippen molar-refractivity contribution < 1.29 is 37.7 Å². The quantitative estimate of drug-likeness (QED) is 0.0676. The number of hydrogen-bond donors (Lipinski definition) is 3. The second kappa shape index (κ2) is 18.7. The third-order valence-electron chi connectivity index (χ3n) is 6.32. The summed E-state index contributed by atoms with van der Waals surface area (Å²) in [5.74, 6) is -0.217. The van der Waals surface area contributed by atoms with Gasteiger partial charge in [0.15, 0.2) is 12.5 Å². The number of benzene rings is 1. The first kappa shape index (κ1) is 37.9. The zero-order valence-electron chi connectivity index (χ0n) is 26.6. The number of carbonyl (C=O) groups is 3. The van der Waals surface area contributed by atoms with E-state index in [0.29, 0.717) is 28.7 Å². The van der Waals surface area contributed by atoms with E-state index in [-0.39, 0.29) is 18.5 Å². The van der Waals surface area contributed by atoms with Gasteiger partial charge >= 0.3 is 14.6 Å². The van der Waals surface area contributed by atoms with Crippen molar-refractivity contribution in [1.29, 1.82) is 0 Å². The molecule has 3 aromatic rings. The zero-order valence-corrected chi connectivity index (χ0v) is 29.9. The van der Waals surface area contributed by atoms with Crippen LogP contribution in [0.4, 0.5) is 5.69 Å². The molecule has 3 heterocycles. The molecule has 2 aromatic heterocycles. The van der Waals surface area contributed by atoms with Gasteiger partial charge in [0.2, 0.25) is 5.91 Å². The van der Waals surface area contributed by atoms with E-state index < -0.39 is 20.2 Å². The van der Waals surface area contributed by atoms with Crippen LogP contribution in [-0.2, 0) is 31.8 Å². The second-order valence-corrected chi connectivity index (χ2v) is 14.5. The fourth-order valence-electron chi connectivity index (χ4n) is 4.30. The van der Waals surface area contributed by atoms with Gasteiger partial charge in [-0.1, -0.05) is 24.6 Å². The van der Waals surface area contributed by atoms with Gasteiger partial charge in [-0.15, -0.1) is 11.3 Å². The molecule has 0 saturated carbocycles. The Labute approximate surface area is 284 Å². The third kappa shape index (κ3) is 12.2. The molecule has 0 aliphatic carbocycles. The van der Waals surface area contributed by atoms with E-state index in [4.69, 9.17) is 25.5 Å². The topological polar surface area (TPSA) is 135 Å². The molecule has 1 unspecified atom stereocenters. The van der Waals surface area contributed by atoms with E-state index in [1.54, 1.807) is 42.5 Å². The minimum absolute atomic E-state index is 0.154. The van der Waals surface area contributed by atoms with Crippen molar-refractivity contribution in [3.05, 3.63) is 63.8 Å². The normalized spacial score (nSPS) is 14.4. The highest BCUT2D eigenvalue weighted by Gasteiger charge is 2.26. The van der Waals surface area contributed by atoms with Crippen LogP contribution in [-0.4, -0.2) is 66.2 Å². The van der Waals surface area contributed by atoms with E-state index in [2.05, 4.69) is 17.0 Å². The smallest absolute Gasteiger partial charge is 0.442 e. The van der Waals surface area contributed by atoms with Crippen LogP contribution in [0.5, 0.6) is 0 Å². The van der Waals surface area contributed by atoms with Crippen molar-refractivity contribution in [2.24, 2.45) is 0 Å². The fraction of sp³-hybridized carbons (Fsp3) is 0.467. The molecule has 16 heteroatoms. The number of imidazole rings is 1. The predicted octanol–water partition coefficient (Wildman–Crippen LogP) is 4.57. The number of aromatic nitrogens is 2. The van der Waals surface area contributed by atoms with Gasteiger partial charge in [-0.05, 0) is 87.2 Å². The number of ether oxygens (including phenoxy) is 1. The maximum Gasteiger partial charge on any atom is 0.442 e. The summed E-state index contributed by atoms with van der Waals surface area (Å²) >= 11 is 8.16. The minimum Gasteiger partial charge on any atom is -0.460 e. The number of thiophene rings is 1. The first-order chi connectivity index (χ1) is 21.9. The zero-order chi connectivity index (χ0) is 33.7. The van der Waals surface area contributed by atoms with Gasteiger partial charge in [0.05, 0.1) is 14.8 Å². The van der Waals surface area contributed by atoms with Crippen LogP contribution in [0.1, 0.15) is 55.8 Å². The number of hydrogen-bond acceptors (Lipinski definition) is 11. The molecule has 12 nitrogen and oxygen atoms in total. The van der Waals surface area contributed by atoms with Crippen molar-refractivity contribution >= 4 is 67.3 Å². The third-order valence-corrected chi connectivity index (χ3v) is 9.51. The molecule has 1 aromatic carbocycles. The molecule has 1 saturated heterocycles. The van der Waals surface area contributed by atoms with Gasteiger partial charge in [-0.3, -0.25) is 23.5 Å². The van der Waals surface area contributed by atoms with Crippen molar-refractivity contribution in [2.75, 3.05) is 31.6 Å². The standard InChI is InChI=1S/C25H39N5O6PS.C5H3ClOS/c1-6-19-21(30-12-8-11-23(30)31)9-7-10-22(19)38-27-20(17-26-5)24(32)34-16-15-28-13-14-29(18-28)36-37(33)35-25(2,3)4;6-5-2-1-4(3-7)8-5/h7,9-10,13-14,18,20,26-27,33H,6,8,11-12,15-17H2,1-5H3;1-3H/q+1;/t20-,37?;/m0./s1. The van der Waals surface area contributed by atoms with Crippen molar-refractivity contribution in [1.82, 2.24) is 14.8 Å². The Kier molecular flexibility index (Phi) is 15.4. The second-order valence-electron chi connectivity index (χ2n) is 11.0. The highest BCUT2D eigenvalue weighted by atomic mass is 35.5. The molecule has 252 valence electrons. The Morgan fingerprint density at radius 3 is 2.67 bits per heavy atom. The summed E-state index contributed by atoms with van der Waals surface area (Å²) in [4.78, 5) is 48.6. The van der Waals surface area contributed by atoms with Crippen LogP contribution in [0, 0.1) is 0 Å². The Morgan fingerprint density at radius 1 is 1.30 bits per heavy atom. The Morgan fingerprint density at radius 2 is 2.09 bits per heavy atom. The number of nitrogens with zero attached hydrogens (tertiary/aromatic N) is 3.